The number of nitrogens with one attached hydrogen (secondary N) is 3. The van der Waals surface area contributed by atoms with Crippen LogP contribution in [0.5, 0.6) is 11.5 Å². The molecule has 4 aromatic rings. The maximum absolute atomic E-state index is 15.0. The molecule has 8 rings (SSSR count). The van der Waals surface area contributed by atoms with E-state index in [1.54, 1.807) is 26.2 Å². The molecule has 2 aromatic carbocycles. The number of methoxy groups -OCH3 is 1. The number of aromatic nitrogens is 2. The Morgan fingerprint density at radius 2 is 1.85 bits per heavy atom. The Labute approximate surface area is 384 Å². The van der Waals surface area contributed by atoms with E-state index in [1.165, 1.54) is 22.3 Å². The number of amides is 3. The number of carbonyl (C=O) groups is 3. The molecule has 1 saturated heterocycles. The Morgan fingerprint density at radius 1 is 1.08 bits per heavy atom. The van der Waals surface area contributed by atoms with Crippen LogP contribution >= 0.6 is 22.9 Å². The Bertz CT molecular complexity index is 2670. The number of sulfonamides is 1. The van der Waals surface area contributed by atoms with E-state index >= 15 is 0 Å². The number of benzene rings is 2. The number of carbonyl (C=O) groups excluding carboxylic acids is 3. The fraction of sp³-hybridized carbons (Fsp3) is 0.500. The third-order valence-electron chi connectivity index (χ3n) is 13.0. The summed E-state index contributed by atoms with van der Waals surface area (Å²) in [6, 6.07) is 6.07. The van der Waals surface area contributed by atoms with Crippen LogP contribution in [0.1, 0.15) is 101 Å². The highest BCUT2D eigenvalue weighted by atomic mass is 35.5. The molecule has 3 fully saturated rings. The van der Waals surface area contributed by atoms with E-state index in [4.69, 9.17) is 31.0 Å². The van der Waals surface area contributed by atoms with Gasteiger partial charge < -0.3 is 25.0 Å². The van der Waals surface area contributed by atoms with Crippen molar-refractivity contribution in [1.82, 2.24) is 24.9 Å². The normalized spacial score (nSPS) is 24.7. The molecule has 0 radical (unpaired) electrons. The van der Waals surface area contributed by atoms with Crippen LogP contribution in [0.3, 0.4) is 0 Å². The van der Waals surface area contributed by atoms with Gasteiger partial charge in [-0.3, -0.25) is 19.1 Å². The monoisotopic (exact) mass is 956 g/mol. The van der Waals surface area contributed by atoms with Gasteiger partial charge in [0, 0.05) is 45.4 Å². The molecule has 19 heteroatoms. The van der Waals surface area contributed by atoms with Crippen LogP contribution in [0.15, 0.2) is 53.9 Å². The molecule has 13 nitrogen and oxygen atoms in total. The minimum Gasteiger partial charge on any atom is -0.496 e. The smallest absolute Gasteiger partial charge is 0.416 e. The molecule has 0 unspecified atom stereocenters. The number of hydrogen-bond acceptors (Lipinski definition) is 11. The van der Waals surface area contributed by atoms with Gasteiger partial charge in [0.15, 0.2) is 0 Å². The predicted octanol–water partition coefficient (Wildman–Crippen LogP) is 8.69. The molecule has 0 bridgehead atoms. The van der Waals surface area contributed by atoms with Crippen LogP contribution in [0.4, 0.5) is 18.9 Å². The molecule has 3 N–H and O–H groups in total. The van der Waals surface area contributed by atoms with Gasteiger partial charge in [-0.05, 0) is 88.6 Å². The van der Waals surface area contributed by atoms with Gasteiger partial charge in [-0.1, -0.05) is 50.4 Å². The second kappa shape index (κ2) is 17.7. The molecule has 2 aliphatic heterocycles. The van der Waals surface area contributed by atoms with Crippen molar-refractivity contribution in [3.8, 4) is 22.2 Å². The molecule has 2 saturated carbocycles. The highest BCUT2D eigenvalue weighted by Crippen LogP contribution is 2.48. The van der Waals surface area contributed by atoms with Crippen LogP contribution in [0.25, 0.3) is 21.6 Å². The van der Waals surface area contributed by atoms with E-state index in [0.717, 1.165) is 23.4 Å². The summed E-state index contributed by atoms with van der Waals surface area (Å²) >= 11 is 7.61. The molecule has 4 heterocycles. The number of fused-ring (bicyclic) bond motifs is 3. The lowest BCUT2D eigenvalue weighted by Crippen LogP contribution is -2.58. The summed E-state index contributed by atoms with van der Waals surface area (Å²) in [6.45, 7) is 7.42. The number of alkyl halides is 3. The quantitative estimate of drug-likeness (QED) is 0.131. The number of halogens is 4. The van der Waals surface area contributed by atoms with Gasteiger partial charge in [0.1, 0.15) is 45.9 Å². The largest absolute Gasteiger partial charge is 0.496 e. The molecule has 2 aliphatic carbocycles. The Kier molecular flexibility index (Phi) is 12.7. The van der Waals surface area contributed by atoms with Crippen LogP contribution in [-0.4, -0.2) is 83.1 Å². The number of ether oxygens (including phenoxy) is 2. The van der Waals surface area contributed by atoms with Gasteiger partial charge >= 0.3 is 6.18 Å². The summed E-state index contributed by atoms with van der Waals surface area (Å²) in [4.78, 5) is 55.0. The zero-order valence-corrected chi connectivity index (χ0v) is 39.1. The van der Waals surface area contributed by atoms with Crippen molar-refractivity contribution < 1.29 is 45.4 Å². The minimum absolute atomic E-state index is 0.0246. The number of aryl methyl sites for hydroxylation is 1. The fourth-order valence-electron chi connectivity index (χ4n) is 8.64. The van der Waals surface area contributed by atoms with Gasteiger partial charge in [-0.2, -0.15) is 13.2 Å². The predicted molar refractivity (Wildman–Crippen MR) is 243 cm³/mol. The van der Waals surface area contributed by atoms with Crippen LogP contribution in [-0.2, 0) is 30.6 Å². The number of thiazole rings is 1. The molecule has 3 amide bonds. The maximum Gasteiger partial charge on any atom is 0.416 e. The molecule has 4 aliphatic rings. The van der Waals surface area contributed by atoms with Gasteiger partial charge in [0.25, 0.3) is 5.91 Å². The number of nitrogens with zero attached hydrogens (tertiary/aromatic N) is 3. The third kappa shape index (κ3) is 9.53. The number of rotatable bonds is 10. The van der Waals surface area contributed by atoms with E-state index in [0.29, 0.717) is 71.6 Å². The first kappa shape index (κ1) is 46.6. The third-order valence-corrected chi connectivity index (χ3v) is 16.3. The highest BCUT2D eigenvalue weighted by molar-refractivity contribution is 7.91. The summed E-state index contributed by atoms with van der Waals surface area (Å²) < 4.78 is 82.0. The molecular weight excluding hydrogens is 905 g/mol. The van der Waals surface area contributed by atoms with Crippen molar-refractivity contribution >= 4 is 67.3 Å². The second-order valence-electron chi connectivity index (χ2n) is 18.2. The number of pyridine rings is 1. The standard InChI is InChI=1S/C46H52ClF3N6O7S2/c1-25(2)35-24-64-41(53-35)34-21-38(32-13-14-37(62-5)26(3)39(32)52-34)63-31-20-36-40(57)54-45(43(59)55-65(60,61)44(4)15-16-44)22-27(45)11-9-7-6-8-10-12-33(42(58)56(36)23-31)51-30-18-28(46(48,49)50)17-29(47)19-30/h9,11,13-14,17-19,21,24-25,27,31,33,36,51H,6-8,10,12,15-16,20,22-23H2,1-5H3,(H,54,57)(H,55,59)/t27-,31-,33+,36+,45-/m1/s1. The molecule has 348 valence electrons. The Morgan fingerprint density at radius 3 is 2.54 bits per heavy atom. The van der Waals surface area contributed by atoms with E-state index in [1.807, 2.05) is 44.4 Å². The highest BCUT2D eigenvalue weighted by Gasteiger charge is 2.63. The van der Waals surface area contributed by atoms with Gasteiger partial charge in [-0.15, -0.1) is 11.3 Å². The van der Waals surface area contributed by atoms with Crippen LogP contribution in [0.2, 0.25) is 5.02 Å². The van der Waals surface area contributed by atoms with E-state index in [-0.39, 0.29) is 42.4 Å². The summed E-state index contributed by atoms with van der Waals surface area (Å²) in [5.74, 6) is -1.45. The first-order valence-corrected chi connectivity index (χ1v) is 24.6. The molecule has 65 heavy (non-hydrogen) atoms. The van der Waals surface area contributed by atoms with Crippen molar-refractivity contribution in [1.29, 1.82) is 0 Å². The number of hydrogen-bond donors (Lipinski definition) is 3. The van der Waals surface area contributed by atoms with Crippen molar-refractivity contribution in [3.05, 3.63) is 75.8 Å². The van der Waals surface area contributed by atoms with Gasteiger partial charge in [0.05, 0.1) is 35.2 Å². The molecular formula is C46H52ClF3N6O7S2. The first-order valence-electron chi connectivity index (χ1n) is 21.8. The molecule has 5 atom stereocenters. The first-order chi connectivity index (χ1) is 30.7. The van der Waals surface area contributed by atoms with Crippen LogP contribution in [0, 0.1) is 12.8 Å². The van der Waals surface area contributed by atoms with E-state index in [2.05, 4.69) is 15.4 Å². The van der Waals surface area contributed by atoms with Crippen molar-refractivity contribution in [3.63, 3.8) is 0 Å². The fourth-order valence-corrected chi connectivity index (χ4v) is 11.1. The lowest BCUT2D eigenvalue weighted by molar-refractivity contribution is -0.140. The van der Waals surface area contributed by atoms with Gasteiger partial charge in [-0.25, -0.2) is 18.4 Å². The Hall–Kier alpha value is -4.94. The van der Waals surface area contributed by atoms with Crippen molar-refractivity contribution in [2.75, 3.05) is 19.0 Å². The summed E-state index contributed by atoms with van der Waals surface area (Å²) in [6.07, 6.45) is 1.80. The summed E-state index contributed by atoms with van der Waals surface area (Å²) in [7, 11) is -2.50. The summed E-state index contributed by atoms with van der Waals surface area (Å²) in [5, 5.41) is 9.00. The second-order valence-corrected chi connectivity index (χ2v) is 21.6. The van der Waals surface area contributed by atoms with E-state index < -0.39 is 73.9 Å². The minimum atomic E-state index is -4.71. The summed E-state index contributed by atoms with van der Waals surface area (Å²) in [5.41, 5.74) is 0.165. The van der Waals surface area contributed by atoms with Crippen LogP contribution < -0.4 is 24.8 Å². The topological polar surface area (TPSA) is 169 Å². The van der Waals surface area contributed by atoms with E-state index in [9.17, 15) is 36.0 Å². The lowest BCUT2D eigenvalue weighted by atomic mass is 10.0. The number of anilines is 1. The molecule has 2 aromatic heterocycles. The Balaban J connectivity index is 1.17. The zero-order chi connectivity index (χ0) is 46.6. The van der Waals surface area contributed by atoms with Crippen molar-refractivity contribution in [2.45, 2.75) is 126 Å². The average molecular weight is 958 g/mol. The van der Waals surface area contributed by atoms with Crippen molar-refractivity contribution in [2.24, 2.45) is 5.92 Å². The zero-order valence-electron chi connectivity index (χ0n) is 36.7. The van der Waals surface area contributed by atoms with Gasteiger partial charge in [0.2, 0.25) is 21.8 Å². The maximum atomic E-state index is 15.0. The average Bonchev–Trinajstić information content (AvgIpc) is 4.02. The molecule has 0 spiro atoms. The SMILES string of the molecule is COc1ccc2c(O[C@@H]3C[C@H]4C(=O)N[C@]5(C(=O)NS(=O)(=O)C6(C)CC6)C[C@H]5C=CCCCCC[C@H](Nc5cc(Cl)cc(C(F)(F)F)c5)C(=O)N4C3)cc(-c3nc(C(C)C)cs3)nc2c1C. The number of allylic oxidation sites excluding steroid dienone is 1. The lowest BCUT2D eigenvalue weighted by Gasteiger charge is -2.30.